The maximum Gasteiger partial charge on any atom is 0.141 e. The smallest absolute Gasteiger partial charge is 0.141 e. The molecule has 1 aliphatic carbocycles. The first-order chi connectivity index (χ1) is 7.29. The fourth-order valence-electron chi connectivity index (χ4n) is 2.13. The third kappa shape index (κ3) is 2.35. The van der Waals surface area contributed by atoms with Crippen LogP contribution in [0.3, 0.4) is 0 Å². The Kier molecular flexibility index (Phi) is 2.99. The van der Waals surface area contributed by atoms with E-state index in [0.717, 1.165) is 11.4 Å². The lowest BCUT2D eigenvalue weighted by Crippen LogP contribution is -2.14. The minimum absolute atomic E-state index is 0.623. The highest BCUT2D eigenvalue weighted by molar-refractivity contribution is 5.62. The van der Waals surface area contributed by atoms with Crippen LogP contribution in [-0.2, 0) is 0 Å². The van der Waals surface area contributed by atoms with Gasteiger partial charge in [0, 0.05) is 11.7 Å². The summed E-state index contributed by atoms with van der Waals surface area (Å²) in [7, 11) is 1.63. The molecule has 3 N–H and O–H groups in total. The van der Waals surface area contributed by atoms with Crippen LogP contribution in [0, 0.1) is 0 Å². The number of nitrogens with two attached hydrogens (primary N) is 1. The average molecular weight is 206 g/mol. The SMILES string of the molecule is COc1ccc(NC2CCCC2)cc1N. The molecule has 82 valence electrons. The van der Waals surface area contributed by atoms with E-state index >= 15 is 0 Å². The Morgan fingerprint density at radius 2 is 2.07 bits per heavy atom. The topological polar surface area (TPSA) is 47.3 Å². The molecule has 0 bridgehead atoms. The van der Waals surface area contributed by atoms with Crippen LogP contribution in [0.15, 0.2) is 18.2 Å². The highest BCUT2D eigenvalue weighted by Gasteiger charge is 2.14. The van der Waals surface area contributed by atoms with Crippen molar-refractivity contribution in [1.29, 1.82) is 0 Å². The summed E-state index contributed by atoms with van der Waals surface area (Å²) in [5.74, 6) is 0.743. The Bertz CT molecular complexity index is 332. The number of anilines is 2. The quantitative estimate of drug-likeness (QED) is 0.747. The average Bonchev–Trinajstić information content (AvgIpc) is 2.71. The van der Waals surface area contributed by atoms with E-state index in [1.165, 1.54) is 25.7 Å². The maximum absolute atomic E-state index is 5.84. The van der Waals surface area contributed by atoms with E-state index < -0.39 is 0 Å². The predicted octanol–water partition coefficient (Wildman–Crippen LogP) is 2.63. The summed E-state index contributed by atoms with van der Waals surface area (Å²) in [6, 6.07) is 6.50. The van der Waals surface area contributed by atoms with Gasteiger partial charge in [-0.05, 0) is 31.0 Å². The zero-order valence-corrected chi connectivity index (χ0v) is 9.12. The van der Waals surface area contributed by atoms with E-state index in [1.54, 1.807) is 7.11 Å². The lowest BCUT2D eigenvalue weighted by atomic mass is 10.2. The van der Waals surface area contributed by atoms with E-state index in [4.69, 9.17) is 10.5 Å². The lowest BCUT2D eigenvalue weighted by molar-refractivity contribution is 0.417. The number of benzene rings is 1. The number of methoxy groups -OCH3 is 1. The molecule has 2 rings (SSSR count). The van der Waals surface area contributed by atoms with E-state index in [1.807, 2.05) is 18.2 Å². The van der Waals surface area contributed by atoms with Gasteiger partial charge in [0.2, 0.25) is 0 Å². The molecule has 1 aromatic rings. The van der Waals surface area contributed by atoms with Crippen LogP contribution in [0.2, 0.25) is 0 Å². The standard InChI is InChI=1S/C12H18N2O/c1-15-12-7-6-10(8-11(12)13)14-9-4-2-3-5-9/h6-9,14H,2-5,13H2,1H3. The molecular weight excluding hydrogens is 188 g/mol. The van der Waals surface area contributed by atoms with Crippen molar-refractivity contribution in [1.82, 2.24) is 0 Å². The third-order valence-electron chi connectivity index (χ3n) is 2.96. The van der Waals surface area contributed by atoms with Crippen LogP contribution >= 0.6 is 0 Å². The van der Waals surface area contributed by atoms with Gasteiger partial charge in [0.1, 0.15) is 5.75 Å². The van der Waals surface area contributed by atoms with Gasteiger partial charge in [-0.3, -0.25) is 0 Å². The van der Waals surface area contributed by atoms with Crippen LogP contribution in [0.25, 0.3) is 0 Å². The first-order valence-electron chi connectivity index (χ1n) is 5.49. The molecule has 3 nitrogen and oxygen atoms in total. The van der Waals surface area contributed by atoms with Crippen molar-refractivity contribution in [2.75, 3.05) is 18.2 Å². The van der Waals surface area contributed by atoms with Crippen molar-refractivity contribution in [3.63, 3.8) is 0 Å². The van der Waals surface area contributed by atoms with Gasteiger partial charge in [-0.25, -0.2) is 0 Å². The molecule has 3 heteroatoms. The summed E-state index contributed by atoms with van der Waals surface area (Å²) >= 11 is 0. The van der Waals surface area contributed by atoms with Gasteiger partial charge >= 0.3 is 0 Å². The highest BCUT2D eigenvalue weighted by atomic mass is 16.5. The van der Waals surface area contributed by atoms with E-state index in [2.05, 4.69) is 5.32 Å². The summed E-state index contributed by atoms with van der Waals surface area (Å²) in [6.07, 6.45) is 5.21. The molecule has 0 amide bonds. The number of rotatable bonds is 3. The van der Waals surface area contributed by atoms with Crippen molar-refractivity contribution in [3.8, 4) is 5.75 Å². The Morgan fingerprint density at radius 1 is 1.33 bits per heavy atom. The molecule has 0 radical (unpaired) electrons. The van der Waals surface area contributed by atoms with E-state index in [-0.39, 0.29) is 0 Å². The van der Waals surface area contributed by atoms with Gasteiger partial charge in [0.05, 0.1) is 12.8 Å². The highest BCUT2D eigenvalue weighted by Crippen LogP contribution is 2.27. The summed E-state index contributed by atoms with van der Waals surface area (Å²) in [5.41, 5.74) is 7.63. The van der Waals surface area contributed by atoms with Crippen LogP contribution in [0.5, 0.6) is 5.75 Å². The third-order valence-corrected chi connectivity index (χ3v) is 2.96. The predicted molar refractivity (Wildman–Crippen MR) is 63.3 cm³/mol. The minimum atomic E-state index is 0.623. The Balaban J connectivity index is 2.05. The molecule has 0 aliphatic heterocycles. The Hall–Kier alpha value is -1.38. The number of ether oxygens (including phenoxy) is 1. The number of hydrogen-bond acceptors (Lipinski definition) is 3. The van der Waals surface area contributed by atoms with Crippen LogP contribution < -0.4 is 15.8 Å². The van der Waals surface area contributed by atoms with Crippen molar-refractivity contribution >= 4 is 11.4 Å². The van der Waals surface area contributed by atoms with Gasteiger partial charge < -0.3 is 15.8 Å². The zero-order chi connectivity index (χ0) is 10.7. The molecule has 0 unspecified atom stereocenters. The fraction of sp³-hybridized carbons (Fsp3) is 0.500. The lowest BCUT2D eigenvalue weighted by Gasteiger charge is -2.14. The van der Waals surface area contributed by atoms with Crippen LogP contribution in [0.4, 0.5) is 11.4 Å². The summed E-state index contributed by atoms with van der Waals surface area (Å²) < 4.78 is 5.12. The summed E-state index contributed by atoms with van der Waals surface area (Å²) in [5, 5.41) is 3.50. The molecule has 1 fully saturated rings. The van der Waals surface area contributed by atoms with Gasteiger partial charge in [0.25, 0.3) is 0 Å². The van der Waals surface area contributed by atoms with E-state index in [0.29, 0.717) is 11.7 Å². The zero-order valence-electron chi connectivity index (χ0n) is 9.12. The van der Waals surface area contributed by atoms with Gasteiger partial charge in [-0.1, -0.05) is 12.8 Å². The summed E-state index contributed by atoms with van der Waals surface area (Å²) in [4.78, 5) is 0. The van der Waals surface area contributed by atoms with Crippen molar-refractivity contribution in [3.05, 3.63) is 18.2 Å². The van der Waals surface area contributed by atoms with Gasteiger partial charge in [-0.2, -0.15) is 0 Å². The van der Waals surface area contributed by atoms with Crippen LogP contribution in [0.1, 0.15) is 25.7 Å². The minimum Gasteiger partial charge on any atom is -0.495 e. The number of hydrogen-bond donors (Lipinski definition) is 2. The second kappa shape index (κ2) is 4.43. The monoisotopic (exact) mass is 206 g/mol. The van der Waals surface area contributed by atoms with Crippen molar-refractivity contribution in [2.24, 2.45) is 0 Å². The molecule has 0 spiro atoms. The molecule has 1 saturated carbocycles. The Morgan fingerprint density at radius 3 is 2.67 bits per heavy atom. The molecule has 0 atom stereocenters. The largest absolute Gasteiger partial charge is 0.495 e. The van der Waals surface area contributed by atoms with Gasteiger partial charge in [-0.15, -0.1) is 0 Å². The van der Waals surface area contributed by atoms with Gasteiger partial charge in [0.15, 0.2) is 0 Å². The molecule has 0 aromatic heterocycles. The maximum atomic E-state index is 5.84. The van der Waals surface area contributed by atoms with E-state index in [9.17, 15) is 0 Å². The fourth-order valence-corrected chi connectivity index (χ4v) is 2.13. The molecule has 1 aromatic carbocycles. The van der Waals surface area contributed by atoms with Crippen LogP contribution in [-0.4, -0.2) is 13.2 Å². The Labute approximate surface area is 90.6 Å². The van der Waals surface area contributed by atoms with Crippen molar-refractivity contribution in [2.45, 2.75) is 31.7 Å². The first-order valence-corrected chi connectivity index (χ1v) is 5.49. The van der Waals surface area contributed by atoms with Crippen molar-refractivity contribution < 1.29 is 4.74 Å². The molecule has 0 saturated heterocycles. The second-order valence-corrected chi connectivity index (χ2v) is 4.08. The second-order valence-electron chi connectivity index (χ2n) is 4.08. The first kappa shape index (κ1) is 10.1. The molecular formula is C12H18N2O. The number of nitrogen functional groups attached to an aromatic ring is 1. The number of nitrogens with one attached hydrogen (secondary N) is 1. The molecule has 15 heavy (non-hydrogen) atoms. The molecule has 0 heterocycles. The normalized spacial score (nSPS) is 16.6. The molecule has 1 aliphatic rings. The summed E-state index contributed by atoms with van der Waals surface area (Å²) in [6.45, 7) is 0.